The first-order valence-corrected chi connectivity index (χ1v) is 14.6. The topological polar surface area (TPSA) is 134 Å². The van der Waals surface area contributed by atoms with Crippen LogP contribution in [-0.4, -0.2) is 65.2 Å². The number of hydrogen-bond donors (Lipinski definition) is 3. The SMILES string of the molecule is CCOC(=O)c1ccc2c(c1)NC(=O)/C2=C(\Nc1ccc(N(CCN(C)C)S(C)(=O)=O)c(N)c1)c1ccccc1. The minimum atomic E-state index is -3.57. The summed E-state index contributed by atoms with van der Waals surface area (Å²) in [6.45, 7) is 2.73. The fraction of sp³-hybridized carbons (Fsp3) is 0.241. The number of nitrogens with zero attached hydrogens (tertiary/aromatic N) is 2. The fourth-order valence-corrected chi connectivity index (χ4v) is 5.34. The van der Waals surface area contributed by atoms with Gasteiger partial charge >= 0.3 is 5.97 Å². The number of fused-ring (bicyclic) bond motifs is 1. The summed E-state index contributed by atoms with van der Waals surface area (Å²) < 4.78 is 31.4. The molecular formula is C29H33N5O5S. The molecule has 3 aromatic rings. The van der Waals surface area contributed by atoms with Crippen molar-refractivity contribution in [3.05, 3.63) is 83.4 Å². The third-order valence-corrected chi connectivity index (χ3v) is 7.48. The average molecular weight is 564 g/mol. The molecule has 0 spiro atoms. The number of nitrogens with one attached hydrogen (secondary N) is 2. The Morgan fingerprint density at radius 1 is 1.00 bits per heavy atom. The second kappa shape index (κ2) is 11.8. The molecule has 0 radical (unpaired) electrons. The van der Waals surface area contributed by atoms with Gasteiger partial charge in [-0.1, -0.05) is 36.4 Å². The lowest BCUT2D eigenvalue weighted by atomic mass is 9.99. The van der Waals surface area contributed by atoms with Crippen molar-refractivity contribution in [3.63, 3.8) is 0 Å². The maximum absolute atomic E-state index is 13.3. The number of hydrogen-bond acceptors (Lipinski definition) is 8. The smallest absolute Gasteiger partial charge is 0.338 e. The number of esters is 1. The lowest BCUT2D eigenvalue weighted by molar-refractivity contribution is -0.110. The van der Waals surface area contributed by atoms with Crippen LogP contribution in [0.3, 0.4) is 0 Å². The van der Waals surface area contributed by atoms with Gasteiger partial charge in [-0.25, -0.2) is 13.2 Å². The third-order valence-electron chi connectivity index (χ3n) is 6.30. The third kappa shape index (κ3) is 6.27. The summed E-state index contributed by atoms with van der Waals surface area (Å²) in [5.74, 6) is -0.804. The molecule has 0 atom stereocenters. The summed E-state index contributed by atoms with van der Waals surface area (Å²) in [5.41, 5.74) is 10.7. The molecule has 1 heterocycles. The largest absolute Gasteiger partial charge is 0.462 e. The molecule has 0 fully saturated rings. The van der Waals surface area contributed by atoms with Gasteiger partial charge in [0.05, 0.1) is 46.8 Å². The molecule has 40 heavy (non-hydrogen) atoms. The van der Waals surface area contributed by atoms with Gasteiger partial charge in [0.25, 0.3) is 5.91 Å². The Kier molecular flexibility index (Phi) is 8.46. The van der Waals surface area contributed by atoms with Gasteiger partial charge in [-0.15, -0.1) is 0 Å². The number of anilines is 4. The average Bonchev–Trinajstić information content (AvgIpc) is 3.22. The summed E-state index contributed by atoms with van der Waals surface area (Å²) in [6.07, 6.45) is 1.15. The predicted molar refractivity (Wildman–Crippen MR) is 160 cm³/mol. The Bertz CT molecular complexity index is 1570. The van der Waals surface area contributed by atoms with E-state index in [9.17, 15) is 18.0 Å². The Morgan fingerprint density at radius 3 is 2.35 bits per heavy atom. The van der Waals surface area contributed by atoms with Gasteiger partial charge in [0.15, 0.2) is 0 Å². The van der Waals surface area contributed by atoms with Crippen molar-refractivity contribution in [2.75, 3.05) is 60.7 Å². The molecule has 0 aliphatic carbocycles. The molecule has 0 bridgehead atoms. The van der Waals surface area contributed by atoms with Crippen LogP contribution in [0, 0.1) is 0 Å². The number of ether oxygens (including phenoxy) is 1. The first-order chi connectivity index (χ1) is 19.0. The van der Waals surface area contributed by atoms with Gasteiger partial charge < -0.3 is 26.0 Å². The second-order valence-electron chi connectivity index (χ2n) is 9.59. The van der Waals surface area contributed by atoms with Gasteiger partial charge in [0, 0.05) is 24.3 Å². The van der Waals surface area contributed by atoms with E-state index in [0.717, 1.165) is 11.8 Å². The molecule has 1 aliphatic rings. The number of carbonyl (C=O) groups excluding carboxylic acids is 2. The van der Waals surface area contributed by atoms with Crippen LogP contribution >= 0.6 is 0 Å². The van der Waals surface area contributed by atoms with Crippen molar-refractivity contribution in [1.29, 1.82) is 0 Å². The van der Waals surface area contributed by atoms with E-state index < -0.39 is 16.0 Å². The first kappa shape index (κ1) is 28.7. The van der Waals surface area contributed by atoms with E-state index in [1.807, 2.05) is 49.3 Å². The Labute approximate surface area is 234 Å². The van der Waals surface area contributed by atoms with Crippen LogP contribution in [0.1, 0.15) is 28.4 Å². The summed E-state index contributed by atoms with van der Waals surface area (Å²) in [5, 5.41) is 6.18. The van der Waals surface area contributed by atoms with Crippen LogP contribution in [0.4, 0.5) is 22.7 Å². The number of amides is 1. The lowest BCUT2D eigenvalue weighted by Crippen LogP contribution is -2.36. The van der Waals surface area contributed by atoms with Crippen molar-refractivity contribution in [3.8, 4) is 0 Å². The number of nitrogens with two attached hydrogens (primary N) is 1. The summed E-state index contributed by atoms with van der Waals surface area (Å²) in [7, 11) is 0.160. The van der Waals surface area contributed by atoms with Crippen molar-refractivity contribution >= 4 is 55.9 Å². The minimum Gasteiger partial charge on any atom is -0.462 e. The molecule has 0 unspecified atom stereocenters. The van der Waals surface area contributed by atoms with Crippen LogP contribution < -0.4 is 20.7 Å². The van der Waals surface area contributed by atoms with Crippen molar-refractivity contribution < 1.29 is 22.7 Å². The first-order valence-electron chi connectivity index (χ1n) is 12.7. The lowest BCUT2D eigenvalue weighted by Gasteiger charge is -2.26. The highest BCUT2D eigenvalue weighted by Crippen LogP contribution is 2.39. The van der Waals surface area contributed by atoms with Crippen LogP contribution in [0.5, 0.6) is 0 Å². The maximum Gasteiger partial charge on any atom is 0.338 e. The minimum absolute atomic E-state index is 0.243. The molecule has 1 amide bonds. The van der Waals surface area contributed by atoms with Crippen LogP contribution in [0.15, 0.2) is 66.7 Å². The van der Waals surface area contributed by atoms with E-state index in [1.54, 1.807) is 43.3 Å². The van der Waals surface area contributed by atoms with E-state index in [-0.39, 0.29) is 24.7 Å². The van der Waals surface area contributed by atoms with Crippen molar-refractivity contribution in [2.45, 2.75) is 6.92 Å². The number of nitrogen functional groups attached to an aromatic ring is 1. The van der Waals surface area contributed by atoms with Gasteiger partial charge in [-0.2, -0.15) is 0 Å². The quantitative estimate of drug-likeness (QED) is 0.193. The molecule has 10 nitrogen and oxygen atoms in total. The zero-order valence-corrected chi connectivity index (χ0v) is 23.7. The van der Waals surface area contributed by atoms with Crippen LogP contribution in [0.25, 0.3) is 11.3 Å². The summed E-state index contributed by atoms with van der Waals surface area (Å²) in [6, 6.07) is 19.3. The number of likely N-dealkylation sites (N-methyl/N-ethyl adjacent to an activating group) is 1. The molecule has 4 N–H and O–H groups in total. The summed E-state index contributed by atoms with van der Waals surface area (Å²) >= 11 is 0. The highest BCUT2D eigenvalue weighted by atomic mass is 32.2. The van der Waals surface area contributed by atoms with Gasteiger partial charge in [-0.05, 0) is 56.9 Å². The number of carbonyl (C=O) groups is 2. The van der Waals surface area contributed by atoms with Gasteiger partial charge in [0.2, 0.25) is 10.0 Å². The number of benzene rings is 3. The van der Waals surface area contributed by atoms with Crippen LogP contribution in [-0.2, 0) is 19.6 Å². The van der Waals surface area contributed by atoms with E-state index >= 15 is 0 Å². The standard InChI is InChI=1S/C29H33N5O5S/c1-5-39-29(36)20-11-13-22-24(17-20)32-28(35)26(22)27(19-9-7-6-8-10-19)31-21-12-14-25(23(30)18-21)34(40(4,37)38)16-15-33(2)3/h6-14,17-18,31H,5,15-16,30H2,1-4H3,(H,32,35)/b27-26-. The molecule has 210 valence electrons. The van der Waals surface area contributed by atoms with Crippen molar-refractivity contribution in [2.24, 2.45) is 0 Å². The van der Waals surface area contributed by atoms with E-state index in [4.69, 9.17) is 10.5 Å². The van der Waals surface area contributed by atoms with Crippen molar-refractivity contribution in [1.82, 2.24) is 4.90 Å². The summed E-state index contributed by atoms with van der Waals surface area (Å²) in [4.78, 5) is 27.4. The molecule has 0 saturated heterocycles. The molecule has 11 heteroatoms. The normalized spacial score (nSPS) is 14.0. The van der Waals surface area contributed by atoms with Gasteiger partial charge in [-0.3, -0.25) is 9.10 Å². The predicted octanol–water partition coefficient (Wildman–Crippen LogP) is 3.71. The molecule has 4 rings (SSSR count). The highest BCUT2D eigenvalue weighted by Gasteiger charge is 2.30. The second-order valence-corrected chi connectivity index (χ2v) is 11.5. The molecule has 1 aliphatic heterocycles. The Hall–Kier alpha value is -4.35. The Balaban J connectivity index is 1.76. The Morgan fingerprint density at radius 2 is 1.73 bits per heavy atom. The molecular weight excluding hydrogens is 530 g/mol. The molecule has 0 saturated carbocycles. The molecule has 0 aromatic heterocycles. The number of sulfonamides is 1. The monoisotopic (exact) mass is 563 g/mol. The van der Waals surface area contributed by atoms with E-state index in [0.29, 0.717) is 46.0 Å². The van der Waals surface area contributed by atoms with Crippen LogP contribution in [0.2, 0.25) is 0 Å². The zero-order chi connectivity index (χ0) is 29.0. The van der Waals surface area contributed by atoms with Gasteiger partial charge in [0.1, 0.15) is 0 Å². The molecule has 3 aromatic carbocycles. The maximum atomic E-state index is 13.3. The zero-order valence-electron chi connectivity index (χ0n) is 22.9. The van der Waals surface area contributed by atoms with E-state index in [2.05, 4.69) is 10.6 Å². The van der Waals surface area contributed by atoms with E-state index in [1.165, 1.54) is 4.31 Å². The number of rotatable bonds is 10. The highest BCUT2D eigenvalue weighted by molar-refractivity contribution is 7.92. The fourth-order valence-electron chi connectivity index (χ4n) is 4.41.